The zero-order valence-electron chi connectivity index (χ0n) is 8.55. The van der Waals surface area contributed by atoms with Gasteiger partial charge >= 0.3 is 12.0 Å². The van der Waals surface area contributed by atoms with E-state index >= 15 is 0 Å². The van der Waals surface area contributed by atoms with Gasteiger partial charge < -0.3 is 4.42 Å². The number of halogens is 4. The lowest BCUT2D eigenvalue weighted by atomic mass is 10.2. The Hall–Kier alpha value is -1.82. The van der Waals surface area contributed by atoms with Crippen molar-refractivity contribution < 1.29 is 22.4 Å². The van der Waals surface area contributed by atoms with E-state index in [4.69, 9.17) is 16.0 Å². The molecular weight excluding hydrogens is 273 g/mol. The second kappa shape index (κ2) is 4.13. The number of rotatable bonds is 1. The highest BCUT2D eigenvalue weighted by Gasteiger charge is 2.41. The van der Waals surface area contributed by atoms with Gasteiger partial charge in [0.1, 0.15) is 5.58 Å². The molecule has 0 saturated carbocycles. The molecule has 1 heterocycles. The second-order valence-electron chi connectivity index (χ2n) is 3.44. The maximum atomic E-state index is 12.2. The predicted octanol–water partition coefficient (Wildman–Crippen LogP) is 3.19. The molecule has 94 valence electrons. The largest absolute Gasteiger partial charge is 0.458 e. The predicted molar refractivity (Wildman–Crippen MR) is 57.9 cm³/mol. The van der Waals surface area contributed by atoms with E-state index in [0.717, 1.165) is 0 Å². The van der Waals surface area contributed by atoms with Gasteiger partial charge in [-0.15, -0.1) is 0 Å². The van der Waals surface area contributed by atoms with Crippen LogP contribution in [0.5, 0.6) is 0 Å². The number of carbonyl (C=O) groups is 1. The van der Waals surface area contributed by atoms with Crippen molar-refractivity contribution in [3.05, 3.63) is 45.3 Å². The highest BCUT2D eigenvalue weighted by atomic mass is 35.5. The number of Topliss-reactive ketones (excluding diaryl/α,β-unsaturated/α-hetero) is 1. The van der Waals surface area contributed by atoms with Crippen LogP contribution >= 0.6 is 11.6 Å². The summed E-state index contributed by atoms with van der Waals surface area (Å²) in [5, 5.41) is 0.255. The molecule has 0 saturated heterocycles. The first kappa shape index (κ1) is 12.6. The number of carbonyl (C=O) groups excluding carboxylic acids is 1. The van der Waals surface area contributed by atoms with E-state index in [9.17, 15) is 22.8 Å². The molecule has 1 aromatic carbocycles. The van der Waals surface area contributed by atoms with Crippen molar-refractivity contribution >= 4 is 28.4 Å². The van der Waals surface area contributed by atoms with Crippen LogP contribution in [0.15, 0.2) is 33.5 Å². The van der Waals surface area contributed by atoms with Gasteiger partial charge in [0.05, 0.1) is 5.39 Å². The summed E-state index contributed by atoms with van der Waals surface area (Å²) in [7, 11) is 0. The Bertz CT molecular complexity index is 688. The van der Waals surface area contributed by atoms with Crippen molar-refractivity contribution in [3.8, 4) is 0 Å². The molecule has 0 unspecified atom stereocenters. The Morgan fingerprint density at radius 1 is 1.22 bits per heavy atom. The molecule has 0 bridgehead atoms. The van der Waals surface area contributed by atoms with E-state index in [1.807, 2.05) is 0 Å². The van der Waals surface area contributed by atoms with Crippen molar-refractivity contribution in [1.82, 2.24) is 0 Å². The maximum Gasteiger partial charge on any atom is 0.458 e. The van der Waals surface area contributed by atoms with Crippen LogP contribution in [0.1, 0.15) is 10.6 Å². The zero-order chi connectivity index (χ0) is 13.5. The molecule has 7 heteroatoms. The summed E-state index contributed by atoms with van der Waals surface area (Å²) in [5.74, 6) is -3.24. The first-order chi connectivity index (χ1) is 8.29. The smallest absolute Gasteiger partial charge is 0.452 e. The van der Waals surface area contributed by atoms with Crippen LogP contribution in [0.25, 0.3) is 11.0 Å². The van der Waals surface area contributed by atoms with Crippen molar-refractivity contribution in [2.45, 2.75) is 6.18 Å². The zero-order valence-corrected chi connectivity index (χ0v) is 9.30. The average molecular weight is 277 g/mol. The molecule has 0 spiro atoms. The molecule has 0 aliphatic rings. The van der Waals surface area contributed by atoms with Gasteiger partial charge in [-0.1, -0.05) is 11.6 Å². The Morgan fingerprint density at radius 2 is 1.89 bits per heavy atom. The van der Waals surface area contributed by atoms with Crippen molar-refractivity contribution in [3.63, 3.8) is 0 Å². The SMILES string of the molecule is O=C(c1cc(=O)c2cc(Cl)ccc2o1)C(F)(F)F. The average Bonchev–Trinajstić information content (AvgIpc) is 2.27. The molecule has 2 rings (SSSR count). The summed E-state index contributed by atoms with van der Waals surface area (Å²) in [6, 6.07) is 4.33. The van der Waals surface area contributed by atoms with Crippen LogP contribution in [-0.2, 0) is 0 Å². The highest BCUT2D eigenvalue weighted by Crippen LogP contribution is 2.23. The second-order valence-corrected chi connectivity index (χ2v) is 3.88. The monoisotopic (exact) mass is 276 g/mol. The molecule has 0 amide bonds. The summed E-state index contributed by atoms with van der Waals surface area (Å²) < 4.78 is 41.4. The van der Waals surface area contributed by atoms with E-state index in [-0.39, 0.29) is 16.0 Å². The Morgan fingerprint density at radius 3 is 2.50 bits per heavy atom. The van der Waals surface area contributed by atoms with Crippen molar-refractivity contribution in [2.24, 2.45) is 0 Å². The third kappa shape index (κ3) is 2.24. The topological polar surface area (TPSA) is 47.3 Å². The Kier molecular flexibility index (Phi) is 2.90. The van der Waals surface area contributed by atoms with Crippen molar-refractivity contribution in [1.29, 1.82) is 0 Å². The van der Waals surface area contributed by atoms with Gasteiger partial charge in [-0.3, -0.25) is 9.59 Å². The number of alkyl halides is 3. The van der Waals surface area contributed by atoms with E-state index in [0.29, 0.717) is 6.07 Å². The fraction of sp³-hybridized carbons (Fsp3) is 0.0909. The molecule has 0 atom stereocenters. The minimum atomic E-state index is -5.09. The van der Waals surface area contributed by atoms with E-state index in [2.05, 4.69) is 0 Å². The van der Waals surface area contributed by atoms with Crippen LogP contribution in [-0.4, -0.2) is 12.0 Å². The number of ketones is 1. The minimum Gasteiger partial charge on any atom is -0.452 e. The first-order valence-electron chi connectivity index (χ1n) is 4.64. The fourth-order valence-corrected chi connectivity index (χ4v) is 1.55. The normalized spacial score (nSPS) is 11.8. The van der Waals surface area contributed by atoms with E-state index < -0.39 is 23.1 Å². The molecular formula is C11H4ClF3O3. The molecule has 0 radical (unpaired) electrons. The number of hydrogen-bond donors (Lipinski definition) is 0. The summed E-state index contributed by atoms with van der Waals surface area (Å²) in [6.07, 6.45) is -5.09. The fourth-order valence-electron chi connectivity index (χ4n) is 1.38. The van der Waals surface area contributed by atoms with Crippen molar-refractivity contribution in [2.75, 3.05) is 0 Å². The lowest BCUT2D eigenvalue weighted by molar-refractivity contribution is -0.0899. The lowest BCUT2D eigenvalue weighted by Gasteiger charge is -2.05. The molecule has 1 aromatic heterocycles. The van der Waals surface area contributed by atoms with Crippen LogP contribution in [0.2, 0.25) is 5.02 Å². The summed E-state index contributed by atoms with van der Waals surface area (Å²) in [6.45, 7) is 0. The van der Waals surface area contributed by atoms with Gasteiger partial charge in [0.25, 0.3) is 0 Å². The molecule has 18 heavy (non-hydrogen) atoms. The molecule has 0 N–H and O–H groups in total. The summed E-state index contributed by atoms with van der Waals surface area (Å²) >= 11 is 5.64. The minimum absolute atomic E-state index is 0.0150. The van der Waals surface area contributed by atoms with Gasteiger partial charge in [-0.05, 0) is 18.2 Å². The van der Waals surface area contributed by atoms with Gasteiger partial charge in [-0.25, -0.2) is 0 Å². The van der Waals surface area contributed by atoms with Crippen LogP contribution in [0, 0.1) is 0 Å². The Labute approximate surface area is 103 Å². The summed E-state index contributed by atoms with van der Waals surface area (Å²) in [4.78, 5) is 22.5. The molecule has 0 fully saturated rings. The lowest BCUT2D eigenvalue weighted by Crippen LogP contribution is -2.23. The number of fused-ring (bicyclic) bond motifs is 1. The summed E-state index contributed by atoms with van der Waals surface area (Å²) in [5.41, 5.74) is -0.883. The van der Waals surface area contributed by atoms with Crippen LogP contribution in [0.3, 0.4) is 0 Å². The van der Waals surface area contributed by atoms with Crippen LogP contribution in [0.4, 0.5) is 13.2 Å². The van der Waals surface area contributed by atoms with E-state index in [1.54, 1.807) is 0 Å². The number of benzene rings is 1. The van der Waals surface area contributed by atoms with Gasteiger partial charge in [-0.2, -0.15) is 13.2 Å². The van der Waals surface area contributed by atoms with Crippen LogP contribution < -0.4 is 5.43 Å². The third-order valence-corrected chi connectivity index (χ3v) is 2.41. The van der Waals surface area contributed by atoms with Gasteiger partial charge in [0, 0.05) is 11.1 Å². The molecule has 0 aliphatic heterocycles. The van der Waals surface area contributed by atoms with Gasteiger partial charge in [0.2, 0.25) is 0 Å². The molecule has 2 aromatic rings. The molecule has 3 nitrogen and oxygen atoms in total. The third-order valence-electron chi connectivity index (χ3n) is 2.17. The maximum absolute atomic E-state index is 12.2. The molecule has 0 aliphatic carbocycles. The number of hydrogen-bond acceptors (Lipinski definition) is 3. The highest BCUT2D eigenvalue weighted by molar-refractivity contribution is 6.31. The van der Waals surface area contributed by atoms with E-state index in [1.165, 1.54) is 18.2 Å². The standard InChI is InChI=1S/C11H4ClF3O3/c12-5-1-2-8-6(3-5)7(16)4-9(18-8)10(17)11(13,14)15/h1-4H. The Balaban J connectivity index is 2.68. The first-order valence-corrected chi connectivity index (χ1v) is 5.02. The quantitative estimate of drug-likeness (QED) is 0.752. The van der Waals surface area contributed by atoms with Gasteiger partial charge in [0.15, 0.2) is 11.2 Å².